The van der Waals surface area contributed by atoms with Crippen LogP contribution >= 0.6 is 0 Å². The van der Waals surface area contributed by atoms with Crippen LogP contribution in [0.5, 0.6) is 0 Å². The normalized spacial score (nSPS) is 42.2. The topological polar surface area (TPSA) is 43.4 Å². The Balaban J connectivity index is 1.77. The molecule has 0 aromatic heterocycles. The second kappa shape index (κ2) is 3.75. The lowest BCUT2D eigenvalue weighted by Gasteiger charge is -2.52. The number of esters is 1. The van der Waals surface area contributed by atoms with Gasteiger partial charge in [0.05, 0.1) is 5.92 Å². The van der Waals surface area contributed by atoms with Crippen molar-refractivity contribution in [3.63, 3.8) is 0 Å². The molecule has 5 heteroatoms. The Morgan fingerprint density at radius 1 is 1.28 bits per heavy atom. The minimum Gasteiger partial charge on any atom is -0.457 e. The molecule has 0 aliphatic heterocycles. The van der Waals surface area contributed by atoms with Crippen LogP contribution in [-0.2, 0) is 14.3 Å². The van der Waals surface area contributed by atoms with E-state index in [-0.39, 0.29) is 23.5 Å². The molecule has 0 N–H and O–H groups in total. The highest BCUT2D eigenvalue weighted by Crippen LogP contribution is 2.53. The van der Waals surface area contributed by atoms with Gasteiger partial charge in [-0.05, 0) is 37.5 Å². The Hall–Kier alpha value is -1.00. The Bertz CT molecular complexity index is 402. The predicted octanol–water partition coefficient (Wildman–Crippen LogP) is 2.19. The van der Waals surface area contributed by atoms with Crippen molar-refractivity contribution in [1.82, 2.24) is 0 Å². The summed E-state index contributed by atoms with van der Waals surface area (Å²) in [5, 5.41) is 0. The van der Waals surface area contributed by atoms with Gasteiger partial charge in [-0.2, -0.15) is 8.78 Å². The highest BCUT2D eigenvalue weighted by molar-refractivity contribution is 5.87. The van der Waals surface area contributed by atoms with Gasteiger partial charge in [0, 0.05) is 12.8 Å². The largest absolute Gasteiger partial charge is 0.457 e. The molecule has 0 spiro atoms. The van der Waals surface area contributed by atoms with Crippen LogP contribution in [0.1, 0.15) is 32.6 Å². The average Bonchev–Trinajstić information content (AvgIpc) is 2.27. The van der Waals surface area contributed by atoms with Gasteiger partial charge in [-0.1, -0.05) is 0 Å². The zero-order valence-corrected chi connectivity index (χ0v) is 10.2. The molecule has 5 unspecified atom stereocenters. The first-order chi connectivity index (χ1) is 8.36. The maximum absolute atomic E-state index is 12.9. The Kier molecular flexibility index (Phi) is 2.51. The van der Waals surface area contributed by atoms with Crippen LogP contribution in [0.3, 0.4) is 0 Å². The van der Waals surface area contributed by atoms with Crippen molar-refractivity contribution in [1.29, 1.82) is 0 Å². The fraction of sp³-hybridized carbons (Fsp3) is 0.846. The molecule has 0 amide bonds. The summed E-state index contributed by atoms with van der Waals surface area (Å²) in [4.78, 5) is 23.3. The predicted molar refractivity (Wildman–Crippen MR) is 57.9 cm³/mol. The number of hydrogen-bond acceptors (Lipinski definition) is 3. The van der Waals surface area contributed by atoms with E-state index < -0.39 is 18.0 Å². The van der Waals surface area contributed by atoms with E-state index in [0.29, 0.717) is 25.7 Å². The fourth-order valence-electron chi connectivity index (χ4n) is 3.99. The minimum atomic E-state index is -3.47. The van der Waals surface area contributed by atoms with Crippen molar-refractivity contribution in [2.24, 2.45) is 23.7 Å². The molecule has 4 aliphatic rings. The van der Waals surface area contributed by atoms with E-state index in [4.69, 9.17) is 4.74 Å². The average molecular weight is 258 g/mol. The molecule has 4 aliphatic carbocycles. The highest BCUT2D eigenvalue weighted by atomic mass is 19.3. The van der Waals surface area contributed by atoms with Crippen LogP contribution in [0, 0.1) is 23.7 Å². The van der Waals surface area contributed by atoms with Crippen molar-refractivity contribution < 1.29 is 23.1 Å². The first-order valence-electron chi connectivity index (χ1n) is 6.49. The smallest absolute Gasteiger partial charge is 0.376 e. The molecule has 5 atom stereocenters. The summed E-state index contributed by atoms with van der Waals surface area (Å²) in [5.41, 5.74) is 0. The van der Waals surface area contributed by atoms with Gasteiger partial charge in [0.1, 0.15) is 11.9 Å². The number of ether oxygens (including phenoxy) is 1. The van der Waals surface area contributed by atoms with Crippen LogP contribution in [0.4, 0.5) is 8.78 Å². The number of carbonyl (C=O) groups excluding carboxylic acids is 2. The van der Waals surface area contributed by atoms with Crippen molar-refractivity contribution in [2.45, 2.75) is 44.6 Å². The standard InChI is InChI=1S/C13H16F2O3/c1-13(14,15)12(17)18-11-8-3-6-2-7(5-8)10(16)9(11)4-6/h6-9,11H,2-5H2,1H3. The zero-order chi connectivity index (χ0) is 13.1. The monoisotopic (exact) mass is 258 g/mol. The molecule has 0 aromatic carbocycles. The second-order valence-electron chi connectivity index (χ2n) is 6.03. The van der Waals surface area contributed by atoms with E-state index in [2.05, 4.69) is 0 Å². The van der Waals surface area contributed by atoms with E-state index in [1.54, 1.807) is 0 Å². The quantitative estimate of drug-likeness (QED) is 0.713. The molecule has 0 saturated heterocycles. The van der Waals surface area contributed by atoms with Crippen LogP contribution in [0.2, 0.25) is 0 Å². The first kappa shape index (κ1) is 12.1. The summed E-state index contributed by atoms with van der Waals surface area (Å²) in [6.07, 6.45) is 2.66. The van der Waals surface area contributed by atoms with Gasteiger partial charge in [0.2, 0.25) is 0 Å². The molecule has 18 heavy (non-hydrogen) atoms. The molecule has 4 saturated carbocycles. The first-order valence-corrected chi connectivity index (χ1v) is 6.49. The van der Waals surface area contributed by atoms with Gasteiger partial charge in [-0.15, -0.1) is 0 Å². The maximum Gasteiger partial charge on any atom is 0.376 e. The lowest BCUT2D eigenvalue weighted by Crippen LogP contribution is -2.56. The van der Waals surface area contributed by atoms with Crippen molar-refractivity contribution >= 4 is 11.8 Å². The third-order valence-corrected chi connectivity index (χ3v) is 4.66. The van der Waals surface area contributed by atoms with Crippen LogP contribution in [-0.4, -0.2) is 23.8 Å². The summed E-state index contributed by atoms with van der Waals surface area (Å²) < 4.78 is 30.7. The van der Waals surface area contributed by atoms with Crippen LogP contribution in [0.15, 0.2) is 0 Å². The van der Waals surface area contributed by atoms with E-state index in [9.17, 15) is 18.4 Å². The van der Waals surface area contributed by atoms with E-state index >= 15 is 0 Å². The number of ketones is 1. The summed E-state index contributed by atoms with van der Waals surface area (Å²) in [5.74, 6) is -4.45. The van der Waals surface area contributed by atoms with Gasteiger partial charge < -0.3 is 4.74 Å². The third-order valence-electron chi connectivity index (χ3n) is 4.66. The minimum absolute atomic E-state index is 0.0876. The van der Waals surface area contributed by atoms with Crippen molar-refractivity contribution in [2.75, 3.05) is 0 Å². The lowest BCUT2D eigenvalue weighted by molar-refractivity contribution is -0.193. The fourth-order valence-corrected chi connectivity index (χ4v) is 3.99. The Labute approximate surface area is 104 Å². The summed E-state index contributed by atoms with van der Waals surface area (Å²) in [6, 6.07) is 0. The summed E-state index contributed by atoms with van der Waals surface area (Å²) >= 11 is 0. The molecule has 0 aromatic rings. The van der Waals surface area contributed by atoms with Crippen LogP contribution < -0.4 is 0 Å². The number of rotatable bonds is 2. The van der Waals surface area contributed by atoms with E-state index in [0.717, 1.165) is 12.8 Å². The van der Waals surface area contributed by atoms with Gasteiger partial charge in [-0.3, -0.25) is 4.79 Å². The molecule has 3 nitrogen and oxygen atoms in total. The molecule has 4 bridgehead atoms. The van der Waals surface area contributed by atoms with E-state index in [1.807, 2.05) is 0 Å². The Morgan fingerprint density at radius 2 is 2.00 bits per heavy atom. The number of halogens is 2. The van der Waals surface area contributed by atoms with Gasteiger partial charge in [0.25, 0.3) is 0 Å². The molecular weight excluding hydrogens is 242 g/mol. The molecule has 0 heterocycles. The van der Waals surface area contributed by atoms with Crippen molar-refractivity contribution in [3.05, 3.63) is 0 Å². The van der Waals surface area contributed by atoms with E-state index in [1.165, 1.54) is 0 Å². The second-order valence-corrected chi connectivity index (χ2v) is 6.03. The number of hydrogen-bond donors (Lipinski definition) is 0. The Morgan fingerprint density at radius 3 is 2.67 bits per heavy atom. The van der Waals surface area contributed by atoms with Crippen molar-refractivity contribution in [3.8, 4) is 0 Å². The summed E-state index contributed by atoms with van der Waals surface area (Å²) in [7, 11) is 0. The molecule has 100 valence electrons. The van der Waals surface area contributed by atoms with Crippen LogP contribution in [0.25, 0.3) is 0 Å². The molecule has 0 radical (unpaired) electrons. The summed E-state index contributed by atoms with van der Waals surface area (Å²) in [6.45, 7) is 0.535. The zero-order valence-electron chi connectivity index (χ0n) is 10.2. The number of alkyl halides is 2. The molecular formula is C13H16F2O3. The number of Topliss-reactive ketones (excluding diaryl/α,β-unsaturated/α-hetero) is 1. The SMILES string of the molecule is CC(F)(F)C(=O)OC1C2CC3CC(C2)C(=O)C1C3. The van der Waals surface area contributed by atoms with Gasteiger partial charge in [-0.25, -0.2) is 4.79 Å². The highest BCUT2D eigenvalue weighted by Gasteiger charge is 2.55. The molecule has 4 fully saturated rings. The van der Waals surface area contributed by atoms with Gasteiger partial charge >= 0.3 is 11.9 Å². The lowest BCUT2D eigenvalue weighted by atomic mass is 9.54. The molecule has 4 rings (SSSR count). The maximum atomic E-state index is 12.9. The van der Waals surface area contributed by atoms with Gasteiger partial charge in [0.15, 0.2) is 0 Å². The third kappa shape index (κ3) is 1.75. The number of carbonyl (C=O) groups is 2.